The third-order valence-corrected chi connectivity index (χ3v) is 4.73. The van der Waals surface area contributed by atoms with E-state index in [0.29, 0.717) is 11.6 Å². The third kappa shape index (κ3) is 3.42. The molecule has 0 saturated carbocycles. The lowest BCUT2D eigenvalue weighted by Gasteiger charge is -2.14. The molecule has 0 spiro atoms. The Hall–Kier alpha value is -0.620. The number of nitrogens with one attached hydrogen (secondary N) is 1. The second kappa shape index (κ2) is 4.94. The van der Waals surface area contributed by atoms with Crippen molar-refractivity contribution in [2.24, 2.45) is 0 Å². The zero-order chi connectivity index (χ0) is 12.5. The predicted molar refractivity (Wildman–Crippen MR) is 66.7 cm³/mol. The number of benzene rings is 1. The van der Waals surface area contributed by atoms with Crippen molar-refractivity contribution in [2.75, 3.05) is 11.5 Å². The minimum Gasteiger partial charge on any atom is -0.390 e. The van der Waals surface area contributed by atoms with Gasteiger partial charge in [0.05, 0.1) is 17.6 Å². The molecule has 2 atom stereocenters. The summed E-state index contributed by atoms with van der Waals surface area (Å²) in [4.78, 5) is 0. The van der Waals surface area contributed by atoms with Gasteiger partial charge in [0.2, 0.25) is 0 Å². The number of aliphatic hydroxyl groups excluding tert-OH is 1. The van der Waals surface area contributed by atoms with Crippen molar-refractivity contribution < 1.29 is 13.5 Å². The average molecular weight is 276 g/mol. The summed E-state index contributed by atoms with van der Waals surface area (Å²) in [5.74, 6) is -0.158. The van der Waals surface area contributed by atoms with Gasteiger partial charge in [-0.2, -0.15) is 0 Å². The lowest BCUT2D eigenvalue weighted by molar-refractivity contribution is 0.165. The molecular formula is C11H14ClNO3S. The van der Waals surface area contributed by atoms with Crippen LogP contribution in [-0.2, 0) is 16.4 Å². The van der Waals surface area contributed by atoms with Crippen molar-refractivity contribution in [1.82, 2.24) is 5.32 Å². The number of hydrogen-bond acceptors (Lipinski definition) is 4. The number of aliphatic hydroxyl groups is 1. The lowest BCUT2D eigenvalue weighted by atomic mass is 10.2. The van der Waals surface area contributed by atoms with E-state index in [-0.39, 0.29) is 17.5 Å². The molecule has 0 unspecified atom stereocenters. The highest BCUT2D eigenvalue weighted by Gasteiger charge is 2.35. The monoisotopic (exact) mass is 275 g/mol. The van der Waals surface area contributed by atoms with Gasteiger partial charge < -0.3 is 10.4 Å². The van der Waals surface area contributed by atoms with Crippen LogP contribution in [0.3, 0.4) is 0 Å². The van der Waals surface area contributed by atoms with Crippen LogP contribution in [0, 0.1) is 0 Å². The fraction of sp³-hybridized carbons (Fsp3) is 0.455. The molecule has 17 heavy (non-hydrogen) atoms. The van der Waals surface area contributed by atoms with E-state index in [2.05, 4.69) is 5.32 Å². The topological polar surface area (TPSA) is 66.4 Å². The van der Waals surface area contributed by atoms with Gasteiger partial charge in [0, 0.05) is 17.6 Å². The quantitative estimate of drug-likeness (QED) is 0.847. The van der Waals surface area contributed by atoms with E-state index in [1.54, 1.807) is 6.07 Å². The summed E-state index contributed by atoms with van der Waals surface area (Å²) in [6.45, 7) is 0.498. The van der Waals surface area contributed by atoms with Gasteiger partial charge in [-0.05, 0) is 17.7 Å². The maximum absolute atomic E-state index is 11.3. The first-order chi connectivity index (χ1) is 7.96. The summed E-state index contributed by atoms with van der Waals surface area (Å²) in [5.41, 5.74) is 0.967. The molecule has 1 aliphatic heterocycles. The Morgan fingerprint density at radius 1 is 1.41 bits per heavy atom. The molecular weight excluding hydrogens is 262 g/mol. The molecule has 2 N–H and O–H groups in total. The molecule has 94 valence electrons. The summed E-state index contributed by atoms with van der Waals surface area (Å²) in [5, 5.41) is 13.3. The largest absolute Gasteiger partial charge is 0.390 e. The van der Waals surface area contributed by atoms with Crippen LogP contribution < -0.4 is 5.32 Å². The highest BCUT2D eigenvalue weighted by molar-refractivity contribution is 7.91. The lowest BCUT2D eigenvalue weighted by Crippen LogP contribution is -2.38. The molecule has 1 saturated heterocycles. The van der Waals surface area contributed by atoms with Gasteiger partial charge >= 0.3 is 0 Å². The first-order valence-electron chi connectivity index (χ1n) is 5.32. The highest BCUT2D eigenvalue weighted by atomic mass is 35.5. The Bertz CT molecular complexity index is 503. The Labute approximate surface area is 106 Å². The fourth-order valence-electron chi connectivity index (χ4n) is 1.92. The van der Waals surface area contributed by atoms with Crippen LogP contribution in [0.15, 0.2) is 24.3 Å². The first-order valence-corrected chi connectivity index (χ1v) is 7.52. The SMILES string of the molecule is O=S1(=O)C[C@H](O)[C@H](NCc2cccc(Cl)c2)C1. The van der Waals surface area contributed by atoms with E-state index >= 15 is 0 Å². The van der Waals surface area contributed by atoms with Gasteiger partial charge in [-0.3, -0.25) is 0 Å². The summed E-state index contributed by atoms with van der Waals surface area (Å²) < 4.78 is 22.6. The Kier molecular flexibility index (Phi) is 3.73. The van der Waals surface area contributed by atoms with E-state index in [1.165, 1.54) is 0 Å². The molecule has 1 fully saturated rings. The smallest absolute Gasteiger partial charge is 0.154 e. The van der Waals surface area contributed by atoms with Crippen LogP contribution in [0.5, 0.6) is 0 Å². The van der Waals surface area contributed by atoms with Gasteiger partial charge in [-0.1, -0.05) is 23.7 Å². The normalized spacial score (nSPS) is 27.2. The molecule has 1 aromatic rings. The van der Waals surface area contributed by atoms with Crippen molar-refractivity contribution in [1.29, 1.82) is 0 Å². The van der Waals surface area contributed by atoms with Crippen molar-refractivity contribution in [3.63, 3.8) is 0 Å². The van der Waals surface area contributed by atoms with Gasteiger partial charge in [0.1, 0.15) is 0 Å². The third-order valence-electron chi connectivity index (χ3n) is 2.78. The minimum atomic E-state index is -3.10. The van der Waals surface area contributed by atoms with E-state index < -0.39 is 15.9 Å². The molecule has 6 heteroatoms. The number of halogens is 1. The summed E-state index contributed by atoms with van der Waals surface area (Å²) in [6.07, 6.45) is -0.820. The van der Waals surface area contributed by atoms with Crippen LogP contribution in [0.4, 0.5) is 0 Å². The number of rotatable bonds is 3. The summed E-state index contributed by atoms with van der Waals surface area (Å²) >= 11 is 5.84. The van der Waals surface area contributed by atoms with Crippen LogP contribution in [0.1, 0.15) is 5.56 Å². The molecule has 0 aliphatic carbocycles. The summed E-state index contributed by atoms with van der Waals surface area (Å²) in [7, 11) is -3.10. The molecule has 4 nitrogen and oxygen atoms in total. The molecule has 0 aromatic heterocycles. The van der Waals surface area contributed by atoms with Crippen molar-refractivity contribution >= 4 is 21.4 Å². The second-order valence-electron chi connectivity index (χ2n) is 4.26. The van der Waals surface area contributed by atoms with E-state index in [9.17, 15) is 13.5 Å². The van der Waals surface area contributed by atoms with Gasteiger partial charge in [-0.15, -0.1) is 0 Å². The second-order valence-corrected chi connectivity index (χ2v) is 6.85. The number of hydrogen-bond donors (Lipinski definition) is 2. The molecule has 0 amide bonds. The van der Waals surface area contributed by atoms with Crippen LogP contribution >= 0.6 is 11.6 Å². The van der Waals surface area contributed by atoms with E-state index in [0.717, 1.165) is 5.56 Å². The van der Waals surface area contributed by atoms with E-state index in [1.807, 2.05) is 18.2 Å². The molecule has 0 bridgehead atoms. The molecule has 0 radical (unpaired) electrons. The molecule has 1 heterocycles. The van der Waals surface area contributed by atoms with Crippen molar-refractivity contribution in [3.8, 4) is 0 Å². The Balaban J connectivity index is 1.95. The molecule has 2 rings (SSSR count). The molecule has 1 aliphatic rings. The van der Waals surface area contributed by atoms with Gasteiger partial charge in [-0.25, -0.2) is 8.42 Å². The standard InChI is InChI=1S/C11H14ClNO3S/c12-9-3-1-2-8(4-9)5-13-10-6-17(15,16)7-11(10)14/h1-4,10-11,13-14H,5-7H2/t10-,11+/m1/s1. The minimum absolute atomic E-state index is 0.00523. The maximum atomic E-state index is 11.3. The van der Waals surface area contributed by atoms with Crippen molar-refractivity contribution in [3.05, 3.63) is 34.9 Å². The predicted octanol–water partition coefficient (Wildman–Crippen LogP) is 0.588. The highest BCUT2D eigenvalue weighted by Crippen LogP contribution is 2.14. The van der Waals surface area contributed by atoms with Crippen molar-refractivity contribution in [2.45, 2.75) is 18.7 Å². The van der Waals surface area contributed by atoms with Gasteiger partial charge in [0.25, 0.3) is 0 Å². The van der Waals surface area contributed by atoms with Crippen LogP contribution in [-0.4, -0.2) is 37.2 Å². The maximum Gasteiger partial charge on any atom is 0.154 e. The van der Waals surface area contributed by atoms with E-state index in [4.69, 9.17) is 11.6 Å². The molecule has 1 aromatic carbocycles. The Morgan fingerprint density at radius 3 is 2.76 bits per heavy atom. The van der Waals surface area contributed by atoms with Crippen LogP contribution in [0.2, 0.25) is 5.02 Å². The fourth-order valence-corrected chi connectivity index (χ4v) is 3.91. The summed E-state index contributed by atoms with van der Waals surface area (Å²) in [6, 6.07) is 6.93. The zero-order valence-electron chi connectivity index (χ0n) is 9.14. The average Bonchev–Trinajstić information content (AvgIpc) is 2.49. The Morgan fingerprint density at radius 2 is 2.18 bits per heavy atom. The zero-order valence-corrected chi connectivity index (χ0v) is 10.7. The van der Waals surface area contributed by atoms with Gasteiger partial charge in [0.15, 0.2) is 9.84 Å². The van der Waals surface area contributed by atoms with Crippen LogP contribution in [0.25, 0.3) is 0 Å². The number of sulfone groups is 1. The first kappa shape index (κ1) is 12.8.